The van der Waals surface area contributed by atoms with Gasteiger partial charge in [0.05, 0.1) is 16.6 Å². The molecule has 0 aliphatic carbocycles. The highest BCUT2D eigenvalue weighted by Gasteiger charge is 2.25. The van der Waals surface area contributed by atoms with Gasteiger partial charge in [0.25, 0.3) is 5.82 Å². The SMILES string of the molecule is [B-]c1n(-c2c(Cl)cc(Cl)cc2Cl)nc2[n+]1CCC2. The molecule has 1 aromatic carbocycles. The van der Waals surface area contributed by atoms with Crippen molar-refractivity contribution in [1.29, 1.82) is 0 Å². The van der Waals surface area contributed by atoms with Gasteiger partial charge in [-0.25, -0.2) is 0 Å². The molecule has 0 amide bonds. The summed E-state index contributed by atoms with van der Waals surface area (Å²) < 4.78 is 3.55. The molecule has 0 saturated carbocycles. The predicted octanol–water partition coefficient (Wildman–Crippen LogP) is 1.86. The second-order valence-electron chi connectivity index (χ2n) is 4.16. The van der Waals surface area contributed by atoms with E-state index >= 15 is 0 Å². The van der Waals surface area contributed by atoms with Crippen LogP contribution >= 0.6 is 34.8 Å². The Bertz CT molecular complexity index is 616. The zero-order chi connectivity index (χ0) is 12.9. The van der Waals surface area contributed by atoms with Gasteiger partial charge in [0.1, 0.15) is 0 Å². The van der Waals surface area contributed by atoms with Gasteiger partial charge >= 0.3 is 0 Å². The third-order valence-electron chi connectivity index (χ3n) is 3.00. The average molecular weight is 299 g/mol. The molecule has 0 unspecified atom stereocenters. The van der Waals surface area contributed by atoms with E-state index in [9.17, 15) is 0 Å². The van der Waals surface area contributed by atoms with E-state index in [4.69, 9.17) is 42.6 Å². The first-order chi connectivity index (χ1) is 8.58. The van der Waals surface area contributed by atoms with Crippen LogP contribution in [0.1, 0.15) is 12.2 Å². The molecule has 0 saturated heterocycles. The second-order valence-corrected chi connectivity index (χ2v) is 5.41. The number of nitrogens with zero attached hydrogens (tertiary/aromatic N) is 3. The zero-order valence-electron chi connectivity index (χ0n) is 9.33. The Kier molecular flexibility index (Phi) is 3.04. The molecular formula is C11H8BCl3N3. The van der Waals surface area contributed by atoms with Crippen LogP contribution in [0, 0.1) is 0 Å². The number of aromatic nitrogens is 3. The van der Waals surface area contributed by atoms with E-state index in [1.165, 1.54) is 0 Å². The lowest BCUT2D eigenvalue weighted by Gasteiger charge is -2.10. The fourth-order valence-electron chi connectivity index (χ4n) is 2.19. The van der Waals surface area contributed by atoms with E-state index in [-0.39, 0.29) is 0 Å². The minimum atomic E-state index is 0.431. The number of benzene rings is 1. The summed E-state index contributed by atoms with van der Waals surface area (Å²) in [6, 6.07) is 3.25. The maximum absolute atomic E-state index is 6.17. The van der Waals surface area contributed by atoms with Gasteiger partial charge < -0.3 is 7.85 Å². The van der Waals surface area contributed by atoms with Crippen LogP contribution in [0.4, 0.5) is 0 Å². The Labute approximate surface area is 121 Å². The van der Waals surface area contributed by atoms with Crippen molar-refractivity contribution in [3.05, 3.63) is 33.0 Å². The van der Waals surface area contributed by atoms with Crippen molar-refractivity contribution >= 4 is 48.4 Å². The highest BCUT2D eigenvalue weighted by Crippen LogP contribution is 2.31. The molecule has 1 aromatic heterocycles. The molecule has 3 nitrogen and oxygen atoms in total. The largest absolute Gasteiger partial charge is 0.478 e. The van der Waals surface area contributed by atoms with Crippen LogP contribution in [0.3, 0.4) is 0 Å². The summed E-state index contributed by atoms with van der Waals surface area (Å²) in [5.41, 5.74) is 1.11. The fourth-order valence-corrected chi connectivity index (χ4v) is 3.17. The molecule has 1 aliphatic heterocycles. The molecule has 7 heteroatoms. The van der Waals surface area contributed by atoms with E-state index in [0.717, 1.165) is 25.2 Å². The van der Waals surface area contributed by atoms with Crippen LogP contribution in [-0.4, -0.2) is 17.6 Å². The quantitative estimate of drug-likeness (QED) is 0.582. The molecule has 3 rings (SSSR count). The van der Waals surface area contributed by atoms with E-state index in [0.29, 0.717) is 26.5 Å². The molecule has 18 heavy (non-hydrogen) atoms. The van der Waals surface area contributed by atoms with Gasteiger partial charge in [-0.05, 0) is 24.3 Å². The van der Waals surface area contributed by atoms with Gasteiger partial charge in [-0.1, -0.05) is 34.8 Å². The van der Waals surface area contributed by atoms with Gasteiger partial charge in [0.15, 0.2) is 5.69 Å². The van der Waals surface area contributed by atoms with Crippen molar-refractivity contribution in [1.82, 2.24) is 9.78 Å². The lowest BCUT2D eigenvalue weighted by molar-refractivity contribution is -0.673. The van der Waals surface area contributed by atoms with Crippen molar-refractivity contribution in [2.75, 3.05) is 0 Å². The number of hydrogen-bond donors (Lipinski definition) is 0. The molecule has 91 valence electrons. The van der Waals surface area contributed by atoms with E-state index in [2.05, 4.69) is 5.10 Å². The number of aryl methyl sites for hydroxylation is 1. The Morgan fingerprint density at radius 3 is 2.50 bits per heavy atom. The molecule has 3 radical (unpaired) electrons. The Balaban J connectivity index is 2.22. The molecular weight excluding hydrogens is 291 g/mol. The molecule has 0 fully saturated rings. The minimum absolute atomic E-state index is 0.431. The summed E-state index contributed by atoms with van der Waals surface area (Å²) in [5, 5.41) is 5.80. The van der Waals surface area contributed by atoms with Crippen molar-refractivity contribution in [3.63, 3.8) is 0 Å². The van der Waals surface area contributed by atoms with Gasteiger partial charge in [-0.2, -0.15) is 0 Å². The third kappa shape index (κ3) is 1.83. The van der Waals surface area contributed by atoms with Crippen molar-refractivity contribution < 1.29 is 4.57 Å². The van der Waals surface area contributed by atoms with E-state index in [1.807, 2.05) is 4.57 Å². The summed E-state index contributed by atoms with van der Waals surface area (Å²) in [4.78, 5) is 0. The van der Waals surface area contributed by atoms with Crippen LogP contribution in [-0.2, 0) is 13.0 Å². The first kappa shape index (κ1) is 12.3. The van der Waals surface area contributed by atoms with E-state index in [1.54, 1.807) is 16.8 Å². The van der Waals surface area contributed by atoms with Crippen molar-refractivity contribution in [2.24, 2.45) is 0 Å². The molecule has 0 bridgehead atoms. The number of hydrogen-bond acceptors (Lipinski definition) is 1. The second kappa shape index (κ2) is 4.44. The van der Waals surface area contributed by atoms with Crippen LogP contribution in [0.5, 0.6) is 0 Å². The van der Waals surface area contributed by atoms with Gasteiger partial charge in [-0.15, -0.1) is 4.68 Å². The lowest BCUT2D eigenvalue weighted by Crippen LogP contribution is -2.49. The first-order valence-corrected chi connectivity index (χ1v) is 6.63. The van der Waals surface area contributed by atoms with Gasteiger partial charge in [0.2, 0.25) is 0 Å². The Hall–Kier alpha value is -0.705. The summed E-state index contributed by atoms with van der Waals surface area (Å²) >= 11 is 18.2. The summed E-state index contributed by atoms with van der Waals surface area (Å²) in [7, 11) is 6.08. The van der Waals surface area contributed by atoms with Crippen molar-refractivity contribution in [2.45, 2.75) is 19.4 Å². The lowest BCUT2D eigenvalue weighted by atomic mass is 10.1. The summed E-state index contributed by atoms with van der Waals surface area (Å²) in [6.07, 6.45) is 1.98. The number of fused-ring (bicyclic) bond motifs is 1. The Morgan fingerprint density at radius 2 is 1.89 bits per heavy atom. The monoisotopic (exact) mass is 298 g/mol. The molecule has 2 heterocycles. The maximum atomic E-state index is 6.17. The third-order valence-corrected chi connectivity index (χ3v) is 3.79. The zero-order valence-corrected chi connectivity index (χ0v) is 11.6. The summed E-state index contributed by atoms with van der Waals surface area (Å²) in [5.74, 6) is 0.953. The van der Waals surface area contributed by atoms with Gasteiger partial charge in [0, 0.05) is 16.5 Å². The fraction of sp³-hybridized carbons (Fsp3) is 0.273. The average Bonchev–Trinajstić information content (AvgIpc) is 2.82. The van der Waals surface area contributed by atoms with Crippen molar-refractivity contribution in [3.8, 4) is 5.69 Å². The minimum Gasteiger partial charge on any atom is -0.478 e. The normalized spacial score (nSPS) is 14.0. The number of rotatable bonds is 1. The van der Waals surface area contributed by atoms with Gasteiger partial charge in [-0.3, -0.25) is 4.57 Å². The molecule has 0 atom stereocenters. The number of halogens is 3. The highest BCUT2D eigenvalue weighted by molar-refractivity contribution is 6.41. The molecule has 1 aliphatic rings. The molecule has 2 aromatic rings. The van der Waals surface area contributed by atoms with E-state index < -0.39 is 0 Å². The van der Waals surface area contributed by atoms with Crippen LogP contribution in [0.25, 0.3) is 5.69 Å². The highest BCUT2D eigenvalue weighted by atomic mass is 35.5. The predicted molar refractivity (Wildman–Crippen MR) is 72.5 cm³/mol. The maximum Gasteiger partial charge on any atom is 0.274 e. The first-order valence-electron chi connectivity index (χ1n) is 5.50. The standard InChI is InChI=1S/C11H8BCl3N3/c12-11-17-3-1-2-9(17)16-18(11)10-7(14)4-6(13)5-8(10)15/h4-5H,1-3H2. The smallest absolute Gasteiger partial charge is 0.274 e. The molecule has 0 spiro atoms. The topological polar surface area (TPSA) is 21.7 Å². The van der Waals surface area contributed by atoms with Crippen LogP contribution in [0.15, 0.2) is 12.1 Å². The summed E-state index contributed by atoms with van der Waals surface area (Å²) in [6.45, 7) is 0.879. The van der Waals surface area contributed by atoms with Crippen LogP contribution in [0.2, 0.25) is 15.1 Å². The van der Waals surface area contributed by atoms with Crippen LogP contribution < -0.4 is 10.3 Å². The molecule has 0 N–H and O–H groups in total. The Morgan fingerprint density at radius 1 is 1.22 bits per heavy atom.